The SMILES string of the molecule is O=C(O)CCCC[C@@H]1CCSC2=C(S1)C(=O)c1c(O)cccc1C2=O. The summed E-state index contributed by atoms with van der Waals surface area (Å²) in [6.45, 7) is 0. The maximum absolute atomic E-state index is 12.9. The van der Waals surface area contributed by atoms with Crippen molar-refractivity contribution in [3.63, 3.8) is 0 Å². The molecule has 1 atom stereocenters. The summed E-state index contributed by atoms with van der Waals surface area (Å²) >= 11 is 2.82. The van der Waals surface area contributed by atoms with Crippen LogP contribution in [0, 0.1) is 0 Å². The minimum absolute atomic E-state index is 0.103. The van der Waals surface area contributed by atoms with E-state index in [0.29, 0.717) is 16.2 Å². The van der Waals surface area contributed by atoms with Crippen LogP contribution in [-0.4, -0.2) is 38.8 Å². The molecule has 1 aliphatic heterocycles. The number of thioether (sulfide) groups is 2. The summed E-state index contributed by atoms with van der Waals surface area (Å²) in [6.07, 6.45) is 3.21. The van der Waals surface area contributed by atoms with E-state index in [-0.39, 0.29) is 40.1 Å². The zero-order valence-electron chi connectivity index (χ0n) is 13.5. The van der Waals surface area contributed by atoms with Crippen molar-refractivity contribution in [3.8, 4) is 5.75 Å². The van der Waals surface area contributed by atoms with Crippen molar-refractivity contribution < 1.29 is 24.6 Å². The number of ketones is 2. The Balaban J connectivity index is 1.79. The molecule has 5 nitrogen and oxygen atoms in total. The Hall–Kier alpha value is -1.73. The Morgan fingerprint density at radius 2 is 1.96 bits per heavy atom. The van der Waals surface area contributed by atoms with Crippen molar-refractivity contribution >= 4 is 41.1 Å². The number of phenolic OH excluding ortho intramolecular Hbond substituents is 1. The number of hydrogen-bond acceptors (Lipinski definition) is 6. The van der Waals surface area contributed by atoms with Gasteiger partial charge in [0.15, 0.2) is 0 Å². The molecule has 7 heteroatoms. The second-order valence-electron chi connectivity index (χ2n) is 6.03. The van der Waals surface area contributed by atoms with Gasteiger partial charge in [0.25, 0.3) is 0 Å². The molecule has 0 fully saturated rings. The molecular formula is C18H18O5S2. The summed E-state index contributed by atoms with van der Waals surface area (Å²) in [6, 6.07) is 4.58. The highest BCUT2D eigenvalue weighted by Gasteiger charge is 2.37. The lowest BCUT2D eigenvalue weighted by Gasteiger charge is -2.20. The van der Waals surface area contributed by atoms with Gasteiger partial charge in [-0.3, -0.25) is 14.4 Å². The van der Waals surface area contributed by atoms with Gasteiger partial charge in [-0.15, -0.1) is 23.5 Å². The second-order valence-corrected chi connectivity index (χ2v) is 8.45. The summed E-state index contributed by atoms with van der Waals surface area (Å²) in [5.41, 5.74) is 0.377. The number of fused-ring (bicyclic) bond motifs is 1. The number of aromatic hydroxyl groups is 1. The molecule has 1 aliphatic carbocycles. The van der Waals surface area contributed by atoms with E-state index in [0.717, 1.165) is 25.0 Å². The van der Waals surface area contributed by atoms with E-state index in [9.17, 15) is 19.5 Å². The van der Waals surface area contributed by atoms with E-state index < -0.39 is 5.97 Å². The zero-order chi connectivity index (χ0) is 18.0. The summed E-state index contributed by atoms with van der Waals surface area (Å²) in [7, 11) is 0. The van der Waals surface area contributed by atoms with Crippen LogP contribution >= 0.6 is 23.5 Å². The predicted octanol–water partition coefficient (Wildman–Crippen LogP) is 3.87. The van der Waals surface area contributed by atoms with Crippen LogP contribution in [0.15, 0.2) is 28.0 Å². The molecule has 0 radical (unpaired) electrons. The van der Waals surface area contributed by atoms with Gasteiger partial charge in [0.1, 0.15) is 5.75 Å². The number of carboxylic acid groups (broad SMARTS) is 1. The van der Waals surface area contributed by atoms with Crippen LogP contribution in [0.5, 0.6) is 5.75 Å². The Morgan fingerprint density at radius 1 is 1.16 bits per heavy atom. The molecule has 0 bridgehead atoms. The van der Waals surface area contributed by atoms with E-state index in [1.807, 2.05) is 0 Å². The van der Waals surface area contributed by atoms with Gasteiger partial charge in [-0.1, -0.05) is 12.5 Å². The first-order valence-corrected chi connectivity index (χ1v) is 10.0. The van der Waals surface area contributed by atoms with Gasteiger partial charge in [-0.05, 0) is 37.1 Å². The quantitative estimate of drug-likeness (QED) is 0.752. The fraction of sp³-hybridized carbons (Fsp3) is 0.389. The Bertz CT molecular complexity index is 769. The van der Waals surface area contributed by atoms with Crippen LogP contribution in [-0.2, 0) is 4.79 Å². The van der Waals surface area contributed by atoms with E-state index >= 15 is 0 Å². The molecule has 2 N–H and O–H groups in total. The number of Topliss-reactive ketones (excluding diaryl/α,β-unsaturated/α-hetero) is 2. The van der Waals surface area contributed by atoms with Crippen molar-refractivity contribution in [1.82, 2.24) is 0 Å². The normalized spacial score (nSPS) is 20.1. The van der Waals surface area contributed by atoms with Crippen molar-refractivity contribution in [2.75, 3.05) is 5.75 Å². The molecule has 0 saturated carbocycles. The minimum Gasteiger partial charge on any atom is -0.507 e. The van der Waals surface area contributed by atoms with Crippen molar-refractivity contribution in [2.24, 2.45) is 0 Å². The Kier molecular flexibility index (Phi) is 5.54. The van der Waals surface area contributed by atoms with E-state index in [4.69, 9.17) is 5.11 Å². The smallest absolute Gasteiger partial charge is 0.303 e. The Morgan fingerprint density at radius 3 is 2.72 bits per heavy atom. The van der Waals surface area contributed by atoms with Crippen LogP contribution in [0.25, 0.3) is 0 Å². The van der Waals surface area contributed by atoms with Crippen LogP contribution in [0.4, 0.5) is 0 Å². The molecule has 0 amide bonds. The molecule has 0 aromatic heterocycles. The number of carbonyl (C=O) groups excluding carboxylic acids is 2. The fourth-order valence-corrected chi connectivity index (χ4v) is 5.82. The van der Waals surface area contributed by atoms with Gasteiger partial charge >= 0.3 is 5.97 Å². The molecule has 1 aromatic carbocycles. The molecular weight excluding hydrogens is 360 g/mol. The van der Waals surface area contributed by atoms with Gasteiger partial charge in [-0.2, -0.15) is 0 Å². The zero-order valence-corrected chi connectivity index (χ0v) is 15.1. The summed E-state index contributed by atoms with van der Waals surface area (Å²) in [5.74, 6) is -0.672. The molecule has 25 heavy (non-hydrogen) atoms. The molecule has 1 heterocycles. The fourth-order valence-electron chi connectivity index (χ4n) is 3.02. The number of benzene rings is 1. The minimum atomic E-state index is -0.797. The lowest BCUT2D eigenvalue weighted by molar-refractivity contribution is -0.137. The first-order valence-electron chi connectivity index (χ1n) is 8.16. The van der Waals surface area contributed by atoms with Crippen LogP contribution in [0.1, 0.15) is 52.8 Å². The average Bonchev–Trinajstić information content (AvgIpc) is 2.79. The van der Waals surface area contributed by atoms with Crippen LogP contribution in [0.2, 0.25) is 0 Å². The third kappa shape index (κ3) is 3.77. The first kappa shape index (κ1) is 18.1. The number of phenols is 1. The molecule has 0 spiro atoms. The Labute approximate surface area is 153 Å². The van der Waals surface area contributed by atoms with E-state index in [1.54, 1.807) is 12.1 Å². The molecule has 1 aromatic rings. The largest absolute Gasteiger partial charge is 0.507 e. The predicted molar refractivity (Wildman–Crippen MR) is 98.4 cm³/mol. The number of carboxylic acids is 1. The first-order chi connectivity index (χ1) is 12.0. The highest BCUT2D eigenvalue weighted by Crippen LogP contribution is 2.45. The van der Waals surface area contributed by atoms with Crippen molar-refractivity contribution in [2.45, 2.75) is 37.4 Å². The monoisotopic (exact) mass is 378 g/mol. The molecule has 0 saturated heterocycles. The standard InChI is InChI=1S/C18H18O5S2/c19-12-6-3-5-11-14(12)16(23)18-17(15(11)22)24-9-8-10(25-18)4-1-2-7-13(20)21/h3,5-6,10,19H,1-2,4,7-9H2,(H,20,21)/t10-/m1/s1. The number of hydrogen-bond donors (Lipinski definition) is 2. The lowest BCUT2D eigenvalue weighted by Crippen LogP contribution is -2.20. The number of aliphatic carboxylic acids is 1. The maximum atomic E-state index is 12.9. The maximum Gasteiger partial charge on any atom is 0.303 e. The van der Waals surface area contributed by atoms with Gasteiger partial charge in [0, 0.05) is 17.2 Å². The van der Waals surface area contributed by atoms with E-state index in [1.165, 1.54) is 29.6 Å². The molecule has 0 unspecified atom stereocenters. The van der Waals surface area contributed by atoms with Gasteiger partial charge in [-0.25, -0.2) is 0 Å². The number of carbonyl (C=O) groups is 3. The highest BCUT2D eigenvalue weighted by molar-refractivity contribution is 8.08. The molecule has 3 rings (SSSR count). The van der Waals surface area contributed by atoms with Crippen molar-refractivity contribution in [1.29, 1.82) is 0 Å². The third-order valence-electron chi connectivity index (χ3n) is 4.27. The summed E-state index contributed by atoms with van der Waals surface area (Å²) < 4.78 is 0. The summed E-state index contributed by atoms with van der Waals surface area (Å²) in [4.78, 5) is 37.1. The number of allylic oxidation sites excluding steroid dienone is 2. The second kappa shape index (κ2) is 7.66. The van der Waals surface area contributed by atoms with Gasteiger partial charge in [0.2, 0.25) is 11.6 Å². The average molecular weight is 378 g/mol. The number of unbranched alkanes of at least 4 members (excludes halogenated alkanes) is 1. The molecule has 132 valence electrons. The van der Waals surface area contributed by atoms with Gasteiger partial charge in [0.05, 0.1) is 15.4 Å². The molecule has 2 aliphatic rings. The van der Waals surface area contributed by atoms with Gasteiger partial charge < -0.3 is 10.2 Å². The number of rotatable bonds is 5. The van der Waals surface area contributed by atoms with Crippen LogP contribution in [0.3, 0.4) is 0 Å². The summed E-state index contributed by atoms with van der Waals surface area (Å²) in [5, 5.41) is 18.9. The highest BCUT2D eigenvalue weighted by atomic mass is 32.2. The lowest BCUT2D eigenvalue weighted by atomic mass is 9.93. The third-order valence-corrected chi connectivity index (χ3v) is 6.95. The van der Waals surface area contributed by atoms with E-state index in [2.05, 4.69) is 0 Å². The topological polar surface area (TPSA) is 91.7 Å². The van der Waals surface area contributed by atoms with Crippen molar-refractivity contribution in [3.05, 3.63) is 39.1 Å². The van der Waals surface area contributed by atoms with Crippen LogP contribution < -0.4 is 0 Å².